The molecule has 5 heteroatoms. The Kier molecular flexibility index (Phi) is 3.87. The number of carbonyl (C=O) groups excluding carboxylic acids is 1. The molecule has 1 spiro atoms. The summed E-state index contributed by atoms with van der Waals surface area (Å²) in [5.41, 5.74) is 1.15. The summed E-state index contributed by atoms with van der Waals surface area (Å²) in [6.45, 7) is 2.36. The average Bonchev–Trinajstić information content (AvgIpc) is 3.19. The van der Waals surface area contributed by atoms with Gasteiger partial charge in [-0.1, -0.05) is 12.1 Å². The van der Waals surface area contributed by atoms with Gasteiger partial charge in [-0.15, -0.1) is 0 Å². The molecule has 3 rings (SSSR count). The third kappa shape index (κ3) is 3.19. The zero-order chi connectivity index (χ0) is 14.9. The van der Waals surface area contributed by atoms with Crippen LogP contribution in [-0.2, 0) is 11.3 Å². The molecule has 0 radical (unpaired) electrons. The molecule has 1 aromatic carbocycles. The molecular weight excluding hydrogens is 268 g/mol. The Morgan fingerprint density at radius 2 is 2.14 bits per heavy atom. The number of methoxy groups -OCH3 is 1. The van der Waals surface area contributed by atoms with Crippen molar-refractivity contribution in [2.75, 3.05) is 26.7 Å². The van der Waals surface area contributed by atoms with Gasteiger partial charge in [-0.25, -0.2) is 0 Å². The first kappa shape index (κ1) is 14.4. The van der Waals surface area contributed by atoms with E-state index in [1.165, 1.54) is 0 Å². The second-order valence-electron chi connectivity index (χ2n) is 6.17. The lowest BCUT2D eigenvalue weighted by Crippen LogP contribution is -2.36. The highest BCUT2D eigenvalue weighted by Crippen LogP contribution is 2.52. The molecule has 21 heavy (non-hydrogen) atoms. The summed E-state index contributed by atoms with van der Waals surface area (Å²) in [5.74, 6) is 0.821. The molecule has 1 saturated heterocycles. The van der Waals surface area contributed by atoms with Crippen LogP contribution in [0.2, 0.25) is 0 Å². The van der Waals surface area contributed by atoms with Crippen LogP contribution in [0.3, 0.4) is 0 Å². The van der Waals surface area contributed by atoms with Crippen LogP contribution in [0, 0.1) is 5.41 Å². The van der Waals surface area contributed by atoms with Gasteiger partial charge in [0.05, 0.1) is 19.8 Å². The first-order valence-electron chi connectivity index (χ1n) is 7.41. The Bertz CT molecular complexity index is 511. The molecule has 5 nitrogen and oxygen atoms in total. The minimum atomic E-state index is -0.258. The number of amides is 1. The quantitative estimate of drug-likeness (QED) is 0.841. The number of nitrogens with one attached hydrogen (secondary N) is 1. The van der Waals surface area contributed by atoms with Crippen LogP contribution >= 0.6 is 0 Å². The summed E-state index contributed by atoms with van der Waals surface area (Å²) in [6.07, 6.45) is 1.93. The summed E-state index contributed by atoms with van der Waals surface area (Å²) < 4.78 is 5.10. The highest BCUT2D eigenvalue weighted by molar-refractivity contribution is 5.78. The van der Waals surface area contributed by atoms with Gasteiger partial charge in [0.15, 0.2) is 0 Å². The number of carbonyl (C=O) groups is 1. The van der Waals surface area contributed by atoms with Crippen LogP contribution in [0.15, 0.2) is 24.3 Å². The fourth-order valence-electron chi connectivity index (χ4n) is 3.03. The van der Waals surface area contributed by atoms with Gasteiger partial charge in [-0.2, -0.15) is 0 Å². The number of β-amino-alcohol motifs (C(OH)–C–C–N with tert-alkyl or cyclic N) is 1. The van der Waals surface area contributed by atoms with Crippen LogP contribution in [0.4, 0.5) is 0 Å². The van der Waals surface area contributed by atoms with Crippen molar-refractivity contribution in [1.29, 1.82) is 0 Å². The van der Waals surface area contributed by atoms with Gasteiger partial charge in [-0.05, 0) is 30.5 Å². The predicted octanol–water partition coefficient (Wildman–Crippen LogP) is 0.768. The van der Waals surface area contributed by atoms with E-state index >= 15 is 0 Å². The van der Waals surface area contributed by atoms with E-state index in [0.717, 1.165) is 30.7 Å². The van der Waals surface area contributed by atoms with E-state index in [2.05, 4.69) is 10.2 Å². The van der Waals surface area contributed by atoms with E-state index in [0.29, 0.717) is 19.6 Å². The first-order chi connectivity index (χ1) is 10.1. The summed E-state index contributed by atoms with van der Waals surface area (Å²) in [7, 11) is 1.63. The lowest BCUT2D eigenvalue weighted by Gasteiger charge is -2.15. The minimum Gasteiger partial charge on any atom is -0.497 e. The molecule has 1 amide bonds. The Hall–Kier alpha value is -1.59. The Morgan fingerprint density at radius 1 is 1.43 bits per heavy atom. The summed E-state index contributed by atoms with van der Waals surface area (Å²) >= 11 is 0. The number of ether oxygens (including phenoxy) is 1. The van der Waals surface area contributed by atoms with Crippen molar-refractivity contribution >= 4 is 5.91 Å². The maximum atomic E-state index is 12.0. The van der Waals surface area contributed by atoms with Crippen LogP contribution in [0.1, 0.15) is 18.4 Å². The molecule has 2 N–H and O–H groups in total. The lowest BCUT2D eigenvalue weighted by atomic mass is 10.0. The maximum absolute atomic E-state index is 12.0. The molecule has 1 unspecified atom stereocenters. The van der Waals surface area contributed by atoms with Crippen molar-refractivity contribution in [3.8, 4) is 5.75 Å². The maximum Gasteiger partial charge on any atom is 0.234 e. The van der Waals surface area contributed by atoms with E-state index in [4.69, 9.17) is 4.74 Å². The topological polar surface area (TPSA) is 61.8 Å². The van der Waals surface area contributed by atoms with Crippen molar-refractivity contribution in [2.24, 2.45) is 5.41 Å². The molecule has 0 aromatic heterocycles. The van der Waals surface area contributed by atoms with E-state index in [1.807, 2.05) is 24.3 Å². The van der Waals surface area contributed by atoms with Crippen molar-refractivity contribution in [2.45, 2.75) is 25.5 Å². The number of rotatable bonds is 5. The Balaban J connectivity index is 1.44. The zero-order valence-electron chi connectivity index (χ0n) is 12.3. The van der Waals surface area contributed by atoms with Gasteiger partial charge in [0.1, 0.15) is 5.75 Å². The molecule has 1 heterocycles. The number of hydrogen-bond acceptors (Lipinski definition) is 4. The van der Waals surface area contributed by atoms with Gasteiger partial charge in [0.2, 0.25) is 5.91 Å². The molecule has 1 saturated carbocycles. The summed E-state index contributed by atoms with van der Waals surface area (Å²) in [4.78, 5) is 14.0. The van der Waals surface area contributed by atoms with Crippen LogP contribution < -0.4 is 10.1 Å². The van der Waals surface area contributed by atoms with Crippen molar-refractivity contribution in [3.63, 3.8) is 0 Å². The van der Waals surface area contributed by atoms with Gasteiger partial charge < -0.3 is 15.2 Å². The van der Waals surface area contributed by atoms with Crippen LogP contribution in [0.25, 0.3) is 0 Å². The molecule has 0 bridgehead atoms. The molecule has 1 aromatic rings. The third-order valence-corrected chi connectivity index (χ3v) is 4.58. The number of aliphatic hydroxyl groups excluding tert-OH is 1. The van der Waals surface area contributed by atoms with Crippen LogP contribution in [0.5, 0.6) is 5.75 Å². The van der Waals surface area contributed by atoms with Crippen molar-refractivity contribution < 1.29 is 14.6 Å². The molecule has 1 aliphatic heterocycles. The zero-order valence-corrected chi connectivity index (χ0v) is 12.3. The van der Waals surface area contributed by atoms with Gasteiger partial charge in [0, 0.05) is 25.0 Å². The van der Waals surface area contributed by atoms with Gasteiger partial charge in [0.25, 0.3) is 0 Å². The van der Waals surface area contributed by atoms with Crippen LogP contribution in [-0.4, -0.2) is 48.8 Å². The number of hydrogen-bond donors (Lipinski definition) is 2. The normalized spacial score (nSPS) is 23.2. The van der Waals surface area contributed by atoms with E-state index in [9.17, 15) is 9.90 Å². The largest absolute Gasteiger partial charge is 0.497 e. The Morgan fingerprint density at radius 3 is 2.71 bits per heavy atom. The SMILES string of the molecule is COc1ccc(CNC(=O)CN2CC(O)C3(CC3)C2)cc1. The Labute approximate surface area is 124 Å². The average molecular weight is 290 g/mol. The molecule has 2 aliphatic rings. The molecule has 1 aliphatic carbocycles. The third-order valence-electron chi connectivity index (χ3n) is 4.58. The predicted molar refractivity (Wildman–Crippen MR) is 79.0 cm³/mol. The highest BCUT2D eigenvalue weighted by Gasteiger charge is 2.54. The first-order valence-corrected chi connectivity index (χ1v) is 7.41. The van der Waals surface area contributed by atoms with E-state index < -0.39 is 0 Å². The van der Waals surface area contributed by atoms with Gasteiger partial charge in [-0.3, -0.25) is 9.69 Å². The van der Waals surface area contributed by atoms with Crippen molar-refractivity contribution in [1.82, 2.24) is 10.2 Å². The second-order valence-corrected chi connectivity index (χ2v) is 6.17. The highest BCUT2D eigenvalue weighted by atomic mass is 16.5. The monoisotopic (exact) mass is 290 g/mol. The molecule has 114 valence electrons. The molecule has 2 fully saturated rings. The fraction of sp³-hybridized carbons (Fsp3) is 0.562. The number of aliphatic hydroxyl groups is 1. The second kappa shape index (κ2) is 5.66. The standard InChI is InChI=1S/C16H22N2O3/c1-21-13-4-2-12(3-5-13)8-17-15(20)10-18-9-14(19)16(11-18)6-7-16/h2-5,14,19H,6-11H2,1H3,(H,17,20). The molecular formula is C16H22N2O3. The number of nitrogens with zero attached hydrogens (tertiary/aromatic N) is 1. The van der Waals surface area contributed by atoms with E-state index in [-0.39, 0.29) is 17.4 Å². The fourth-order valence-corrected chi connectivity index (χ4v) is 3.03. The molecule has 1 atom stereocenters. The summed E-state index contributed by atoms with van der Waals surface area (Å²) in [6, 6.07) is 7.65. The van der Waals surface area contributed by atoms with E-state index in [1.54, 1.807) is 7.11 Å². The van der Waals surface area contributed by atoms with Crippen molar-refractivity contribution in [3.05, 3.63) is 29.8 Å². The smallest absolute Gasteiger partial charge is 0.234 e. The lowest BCUT2D eigenvalue weighted by molar-refractivity contribution is -0.122. The number of benzene rings is 1. The summed E-state index contributed by atoms with van der Waals surface area (Å²) in [5, 5.41) is 12.9. The number of likely N-dealkylation sites (tertiary alicyclic amines) is 1. The minimum absolute atomic E-state index is 0.00992. The van der Waals surface area contributed by atoms with Gasteiger partial charge >= 0.3 is 0 Å².